The summed E-state index contributed by atoms with van der Waals surface area (Å²) in [5.41, 5.74) is 1.31. The lowest BCUT2D eigenvalue weighted by molar-refractivity contribution is -0.0101. The lowest BCUT2D eigenvalue weighted by atomic mass is 9.92. The fourth-order valence-corrected chi connectivity index (χ4v) is 2.16. The molecule has 102 valence electrons. The Morgan fingerprint density at radius 1 is 1.17 bits per heavy atom. The molecule has 0 fully saturated rings. The predicted molar refractivity (Wildman–Crippen MR) is 77.7 cm³/mol. The number of benzene rings is 1. The third-order valence-corrected chi connectivity index (χ3v) is 3.15. The molecule has 2 nitrogen and oxygen atoms in total. The lowest BCUT2D eigenvalue weighted by Gasteiger charge is -2.26. The van der Waals surface area contributed by atoms with Crippen molar-refractivity contribution in [2.24, 2.45) is 5.92 Å². The zero-order valence-corrected chi connectivity index (χ0v) is 12.4. The van der Waals surface area contributed by atoms with Gasteiger partial charge in [0.2, 0.25) is 0 Å². The molecular formula is C16H27NO. The summed E-state index contributed by atoms with van der Waals surface area (Å²) in [5, 5.41) is 3.41. The fraction of sp³-hybridized carbons (Fsp3) is 0.625. The minimum atomic E-state index is -0.0401. The summed E-state index contributed by atoms with van der Waals surface area (Å²) in [6, 6.07) is 11.0. The molecule has 0 aliphatic rings. The SMILES string of the molecule is CNC(c1ccccc1)C(C)CCOC(C)(C)C. The first-order chi connectivity index (χ1) is 8.44. The molecule has 1 aromatic rings. The van der Waals surface area contributed by atoms with E-state index in [4.69, 9.17) is 4.74 Å². The Balaban J connectivity index is 2.51. The molecule has 0 aliphatic heterocycles. The Hall–Kier alpha value is -0.860. The van der Waals surface area contributed by atoms with E-state index < -0.39 is 0 Å². The minimum absolute atomic E-state index is 0.0401. The fourth-order valence-electron chi connectivity index (χ4n) is 2.16. The third kappa shape index (κ3) is 5.19. The van der Waals surface area contributed by atoms with Gasteiger partial charge in [-0.15, -0.1) is 0 Å². The van der Waals surface area contributed by atoms with Gasteiger partial charge in [0.25, 0.3) is 0 Å². The van der Waals surface area contributed by atoms with Crippen LogP contribution in [0, 0.1) is 5.92 Å². The predicted octanol–water partition coefficient (Wildman–Crippen LogP) is 3.79. The summed E-state index contributed by atoms with van der Waals surface area (Å²) < 4.78 is 5.80. The highest BCUT2D eigenvalue weighted by Gasteiger charge is 2.18. The van der Waals surface area contributed by atoms with Crippen molar-refractivity contribution < 1.29 is 4.74 Å². The van der Waals surface area contributed by atoms with Crippen LogP contribution in [0.2, 0.25) is 0 Å². The first kappa shape index (κ1) is 15.2. The van der Waals surface area contributed by atoms with E-state index in [0.717, 1.165) is 13.0 Å². The number of hydrogen-bond donors (Lipinski definition) is 1. The summed E-state index contributed by atoms with van der Waals surface area (Å²) in [5.74, 6) is 0.555. The Morgan fingerprint density at radius 2 is 1.78 bits per heavy atom. The number of ether oxygens (including phenoxy) is 1. The van der Waals surface area contributed by atoms with E-state index in [-0.39, 0.29) is 5.60 Å². The van der Waals surface area contributed by atoms with E-state index in [0.29, 0.717) is 12.0 Å². The van der Waals surface area contributed by atoms with Gasteiger partial charge < -0.3 is 10.1 Å². The summed E-state index contributed by atoms with van der Waals surface area (Å²) in [6.45, 7) is 9.40. The Labute approximate surface area is 112 Å². The van der Waals surface area contributed by atoms with Gasteiger partial charge in [0.05, 0.1) is 5.60 Å². The monoisotopic (exact) mass is 249 g/mol. The van der Waals surface area contributed by atoms with Gasteiger partial charge in [-0.2, -0.15) is 0 Å². The van der Waals surface area contributed by atoms with Crippen LogP contribution in [-0.4, -0.2) is 19.3 Å². The van der Waals surface area contributed by atoms with Crippen molar-refractivity contribution in [1.29, 1.82) is 0 Å². The van der Waals surface area contributed by atoms with Gasteiger partial charge in [-0.05, 0) is 45.7 Å². The molecule has 0 aromatic heterocycles. The van der Waals surface area contributed by atoms with E-state index in [1.54, 1.807) is 0 Å². The van der Waals surface area contributed by atoms with Crippen LogP contribution in [0.3, 0.4) is 0 Å². The standard InChI is InChI=1S/C16H27NO/c1-13(11-12-18-16(2,3)4)15(17-5)14-9-7-6-8-10-14/h6-10,13,15,17H,11-12H2,1-5H3. The zero-order valence-electron chi connectivity index (χ0n) is 12.4. The molecule has 0 saturated heterocycles. The molecule has 0 aliphatic carbocycles. The van der Waals surface area contributed by atoms with Crippen molar-refractivity contribution in [2.75, 3.05) is 13.7 Å². The molecule has 2 atom stereocenters. The highest BCUT2D eigenvalue weighted by Crippen LogP contribution is 2.24. The Kier molecular flexibility index (Phi) is 5.83. The number of nitrogens with one attached hydrogen (secondary N) is 1. The largest absolute Gasteiger partial charge is 0.376 e. The first-order valence-electron chi connectivity index (χ1n) is 6.80. The maximum absolute atomic E-state index is 5.80. The average molecular weight is 249 g/mol. The topological polar surface area (TPSA) is 21.3 Å². The average Bonchev–Trinajstić information content (AvgIpc) is 2.29. The summed E-state index contributed by atoms with van der Waals surface area (Å²) in [7, 11) is 2.03. The highest BCUT2D eigenvalue weighted by molar-refractivity contribution is 5.19. The van der Waals surface area contributed by atoms with E-state index in [1.807, 2.05) is 7.05 Å². The maximum Gasteiger partial charge on any atom is 0.0598 e. The second-order valence-electron chi connectivity index (χ2n) is 5.90. The quantitative estimate of drug-likeness (QED) is 0.828. The van der Waals surface area contributed by atoms with Crippen LogP contribution in [0.25, 0.3) is 0 Å². The van der Waals surface area contributed by atoms with Crippen LogP contribution >= 0.6 is 0 Å². The summed E-state index contributed by atoms with van der Waals surface area (Å²) in [4.78, 5) is 0. The molecule has 1 aromatic carbocycles. The van der Waals surface area contributed by atoms with Crippen LogP contribution in [0.5, 0.6) is 0 Å². The molecule has 0 amide bonds. The van der Waals surface area contributed by atoms with Gasteiger partial charge in [0, 0.05) is 12.6 Å². The van der Waals surface area contributed by atoms with Gasteiger partial charge in [-0.25, -0.2) is 0 Å². The van der Waals surface area contributed by atoms with Crippen molar-refractivity contribution in [3.8, 4) is 0 Å². The second-order valence-corrected chi connectivity index (χ2v) is 5.90. The molecule has 0 spiro atoms. The van der Waals surface area contributed by atoms with E-state index in [2.05, 4.69) is 63.3 Å². The van der Waals surface area contributed by atoms with Crippen molar-refractivity contribution in [3.63, 3.8) is 0 Å². The number of hydrogen-bond acceptors (Lipinski definition) is 2. The van der Waals surface area contributed by atoms with Crippen molar-refractivity contribution in [3.05, 3.63) is 35.9 Å². The zero-order chi connectivity index (χ0) is 13.6. The molecule has 1 N–H and O–H groups in total. The summed E-state index contributed by atoms with van der Waals surface area (Å²) >= 11 is 0. The highest BCUT2D eigenvalue weighted by atomic mass is 16.5. The molecule has 0 saturated carbocycles. The molecule has 0 heterocycles. The molecule has 2 heteroatoms. The molecule has 18 heavy (non-hydrogen) atoms. The van der Waals surface area contributed by atoms with Crippen LogP contribution in [0.4, 0.5) is 0 Å². The second kappa shape index (κ2) is 6.91. The van der Waals surface area contributed by atoms with Crippen LogP contribution in [0.1, 0.15) is 45.7 Å². The van der Waals surface area contributed by atoms with Gasteiger partial charge in [0.1, 0.15) is 0 Å². The van der Waals surface area contributed by atoms with Crippen LogP contribution in [0.15, 0.2) is 30.3 Å². The van der Waals surface area contributed by atoms with Crippen LogP contribution < -0.4 is 5.32 Å². The minimum Gasteiger partial charge on any atom is -0.376 e. The Morgan fingerprint density at radius 3 is 2.28 bits per heavy atom. The number of rotatable bonds is 6. The van der Waals surface area contributed by atoms with Crippen molar-refractivity contribution in [1.82, 2.24) is 5.32 Å². The molecule has 0 bridgehead atoms. The van der Waals surface area contributed by atoms with Crippen molar-refractivity contribution >= 4 is 0 Å². The van der Waals surface area contributed by atoms with Crippen molar-refractivity contribution in [2.45, 2.75) is 45.8 Å². The van der Waals surface area contributed by atoms with Gasteiger partial charge in [-0.1, -0.05) is 37.3 Å². The molecule has 1 rings (SSSR count). The molecular weight excluding hydrogens is 222 g/mol. The molecule has 2 unspecified atom stereocenters. The van der Waals surface area contributed by atoms with Gasteiger partial charge >= 0.3 is 0 Å². The van der Waals surface area contributed by atoms with E-state index in [1.165, 1.54) is 5.56 Å². The normalized spacial score (nSPS) is 15.4. The first-order valence-corrected chi connectivity index (χ1v) is 6.80. The third-order valence-electron chi connectivity index (χ3n) is 3.15. The van der Waals surface area contributed by atoms with Gasteiger partial charge in [0.15, 0.2) is 0 Å². The van der Waals surface area contributed by atoms with E-state index in [9.17, 15) is 0 Å². The summed E-state index contributed by atoms with van der Waals surface area (Å²) in [6.07, 6.45) is 1.07. The maximum atomic E-state index is 5.80. The van der Waals surface area contributed by atoms with Crippen LogP contribution in [-0.2, 0) is 4.74 Å². The molecule has 0 radical (unpaired) electrons. The lowest BCUT2D eigenvalue weighted by Crippen LogP contribution is -2.26. The van der Waals surface area contributed by atoms with Gasteiger partial charge in [-0.3, -0.25) is 0 Å². The van der Waals surface area contributed by atoms with E-state index >= 15 is 0 Å². The smallest absolute Gasteiger partial charge is 0.0598 e. The Bertz CT molecular complexity index is 329.